The Kier molecular flexibility index (Phi) is 3.94. The summed E-state index contributed by atoms with van der Waals surface area (Å²) in [6.07, 6.45) is 3.76. The minimum absolute atomic E-state index is 0.00711. The van der Waals surface area contributed by atoms with Gasteiger partial charge in [0.2, 0.25) is 11.8 Å². The number of alkyl halides is 1. The molecule has 1 heterocycles. The van der Waals surface area contributed by atoms with Crippen LogP contribution in [0.2, 0.25) is 0 Å². The Morgan fingerprint density at radius 2 is 1.05 bits per heavy atom. The van der Waals surface area contributed by atoms with Crippen LogP contribution < -0.4 is 0 Å². The van der Waals surface area contributed by atoms with Gasteiger partial charge in [0.1, 0.15) is 6.17 Å². The smallest absolute Gasteiger partial charge is 0.225 e. The van der Waals surface area contributed by atoms with Gasteiger partial charge in [0, 0.05) is 38.0 Å². The van der Waals surface area contributed by atoms with Crippen molar-refractivity contribution in [3.05, 3.63) is 0 Å². The molecule has 0 aromatic heterocycles. The number of amides is 2. The SMILES string of the molecule is O=C(C1CC1)N1CCN(C(=O)[C@H]2CC[C@H](F)CC2)CC1. The number of hydrogen-bond donors (Lipinski definition) is 0. The van der Waals surface area contributed by atoms with Crippen LogP contribution in [0.25, 0.3) is 0 Å². The Labute approximate surface area is 119 Å². The zero-order valence-corrected chi connectivity index (χ0v) is 11.9. The van der Waals surface area contributed by atoms with E-state index in [4.69, 9.17) is 0 Å². The van der Waals surface area contributed by atoms with Crippen molar-refractivity contribution in [2.45, 2.75) is 44.7 Å². The van der Waals surface area contributed by atoms with Crippen LogP contribution in [-0.2, 0) is 9.59 Å². The van der Waals surface area contributed by atoms with E-state index in [9.17, 15) is 14.0 Å². The molecule has 1 aliphatic heterocycles. The van der Waals surface area contributed by atoms with E-state index in [0.717, 1.165) is 12.8 Å². The lowest BCUT2D eigenvalue weighted by Crippen LogP contribution is -2.52. The molecule has 2 aliphatic carbocycles. The third-order valence-electron chi connectivity index (χ3n) is 4.84. The second-order valence-electron chi connectivity index (χ2n) is 6.37. The summed E-state index contributed by atoms with van der Waals surface area (Å²) in [5.41, 5.74) is 0. The maximum Gasteiger partial charge on any atom is 0.225 e. The summed E-state index contributed by atoms with van der Waals surface area (Å²) in [6.45, 7) is 2.62. The second-order valence-corrected chi connectivity index (χ2v) is 6.37. The molecule has 1 saturated heterocycles. The van der Waals surface area contributed by atoms with Gasteiger partial charge >= 0.3 is 0 Å². The third kappa shape index (κ3) is 2.96. The van der Waals surface area contributed by atoms with Crippen molar-refractivity contribution in [2.24, 2.45) is 11.8 Å². The van der Waals surface area contributed by atoms with E-state index in [-0.39, 0.29) is 23.7 Å². The van der Waals surface area contributed by atoms with Crippen molar-refractivity contribution in [1.82, 2.24) is 9.80 Å². The minimum atomic E-state index is -0.716. The standard InChI is InChI=1S/C15H23FN2O2/c16-13-5-3-12(4-6-13)15(20)18-9-7-17(8-10-18)14(19)11-1-2-11/h11-13H,1-10H2/t12-,13-. The monoisotopic (exact) mass is 282 g/mol. The highest BCUT2D eigenvalue weighted by molar-refractivity contribution is 5.82. The first-order valence-electron chi connectivity index (χ1n) is 7.87. The van der Waals surface area contributed by atoms with Crippen LogP contribution >= 0.6 is 0 Å². The van der Waals surface area contributed by atoms with Crippen LogP contribution in [0.3, 0.4) is 0 Å². The van der Waals surface area contributed by atoms with E-state index in [1.165, 1.54) is 0 Å². The number of rotatable bonds is 2. The predicted molar refractivity (Wildman–Crippen MR) is 72.7 cm³/mol. The van der Waals surface area contributed by atoms with E-state index in [1.807, 2.05) is 9.80 Å². The molecular formula is C15H23FN2O2. The molecule has 2 amide bonds. The minimum Gasteiger partial charge on any atom is -0.339 e. The van der Waals surface area contributed by atoms with Gasteiger partial charge in [0.05, 0.1) is 0 Å². The number of carbonyl (C=O) groups is 2. The lowest BCUT2D eigenvalue weighted by Gasteiger charge is -2.37. The number of hydrogen-bond acceptors (Lipinski definition) is 2. The first-order chi connectivity index (χ1) is 9.65. The van der Waals surface area contributed by atoms with Crippen molar-refractivity contribution in [3.63, 3.8) is 0 Å². The topological polar surface area (TPSA) is 40.6 Å². The number of piperazine rings is 1. The van der Waals surface area contributed by atoms with Gasteiger partial charge < -0.3 is 9.80 Å². The zero-order valence-electron chi connectivity index (χ0n) is 11.9. The maximum atomic E-state index is 13.1. The van der Waals surface area contributed by atoms with E-state index in [2.05, 4.69) is 0 Å². The van der Waals surface area contributed by atoms with Crippen molar-refractivity contribution < 1.29 is 14.0 Å². The highest BCUT2D eigenvalue weighted by atomic mass is 19.1. The van der Waals surface area contributed by atoms with Gasteiger partial charge in [-0.25, -0.2) is 4.39 Å². The quantitative estimate of drug-likeness (QED) is 0.772. The Morgan fingerprint density at radius 3 is 1.40 bits per heavy atom. The average Bonchev–Trinajstić information content (AvgIpc) is 3.31. The highest BCUT2D eigenvalue weighted by Crippen LogP contribution is 2.32. The number of halogens is 1. The molecule has 3 rings (SSSR count). The van der Waals surface area contributed by atoms with Gasteiger partial charge in [0.25, 0.3) is 0 Å². The fraction of sp³-hybridized carbons (Fsp3) is 0.867. The molecule has 0 radical (unpaired) electrons. The van der Waals surface area contributed by atoms with Crippen LogP contribution in [0.15, 0.2) is 0 Å². The van der Waals surface area contributed by atoms with Gasteiger partial charge in [-0.1, -0.05) is 0 Å². The predicted octanol–water partition coefficient (Wildman–Crippen LogP) is 1.60. The zero-order chi connectivity index (χ0) is 14.1. The molecule has 20 heavy (non-hydrogen) atoms. The van der Waals surface area contributed by atoms with Gasteiger partial charge in [-0.15, -0.1) is 0 Å². The highest BCUT2D eigenvalue weighted by Gasteiger charge is 2.36. The molecule has 0 atom stereocenters. The summed E-state index contributed by atoms with van der Waals surface area (Å²) in [6, 6.07) is 0. The van der Waals surface area contributed by atoms with Gasteiger partial charge in [-0.2, -0.15) is 0 Å². The van der Waals surface area contributed by atoms with Crippen LogP contribution in [0.5, 0.6) is 0 Å². The molecule has 4 nitrogen and oxygen atoms in total. The molecule has 5 heteroatoms. The van der Waals surface area contributed by atoms with E-state index in [0.29, 0.717) is 51.9 Å². The van der Waals surface area contributed by atoms with Crippen molar-refractivity contribution in [1.29, 1.82) is 0 Å². The molecule has 3 aliphatic rings. The van der Waals surface area contributed by atoms with Crippen LogP contribution in [0.1, 0.15) is 38.5 Å². The van der Waals surface area contributed by atoms with Crippen LogP contribution in [0.4, 0.5) is 4.39 Å². The number of nitrogens with zero attached hydrogens (tertiary/aromatic N) is 2. The molecule has 0 unspecified atom stereocenters. The molecule has 2 saturated carbocycles. The first kappa shape index (κ1) is 13.8. The second kappa shape index (κ2) is 5.70. The first-order valence-corrected chi connectivity index (χ1v) is 7.87. The van der Waals surface area contributed by atoms with Gasteiger partial charge in [-0.3, -0.25) is 9.59 Å². The summed E-state index contributed by atoms with van der Waals surface area (Å²) in [7, 11) is 0. The normalized spacial score (nSPS) is 31.2. The molecule has 0 bridgehead atoms. The lowest BCUT2D eigenvalue weighted by atomic mass is 9.87. The molecular weight excluding hydrogens is 259 g/mol. The fourth-order valence-electron chi connectivity index (χ4n) is 3.29. The molecule has 0 aromatic rings. The number of carbonyl (C=O) groups excluding carboxylic acids is 2. The summed E-state index contributed by atoms with van der Waals surface area (Å²) in [5.74, 6) is 0.718. The van der Waals surface area contributed by atoms with E-state index < -0.39 is 6.17 Å². The Balaban J connectivity index is 1.47. The van der Waals surface area contributed by atoms with Crippen LogP contribution in [-0.4, -0.2) is 54.0 Å². The van der Waals surface area contributed by atoms with Crippen LogP contribution in [0, 0.1) is 11.8 Å². The lowest BCUT2D eigenvalue weighted by molar-refractivity contribution is -0.143. The summed E-state index contributed by atoms with van der Waals surface area (Å²) >= 11 is 0. The fourth-order valence-corrected chi connectivity index (χ4v) is 3.29. The Hall–Kier alpha value is -1.13. The molecule has 0 aromatic carbocycles. The van der Waals surface area contributed by atoms with Crippen molar-refractivity contribution in [3.8, 4) is 0 Å². The maximum absolute atomic E-state index is 13.1. The van der Waals surface area contributed by atoms with E-state index >= 15 is 0 Å². The van der Waals surface area contributed by atoms with Crippen molar-refractivity contribution >= 4 is 11.8 Å². The summed E-state index contributed by atoms with van der Waals surface area (Å²) < 4.78 is 13.1. The largest absolute Gasteiger partial charge is 0.339 e. The molecule has 0 N–H and O–H groups in total. The Bertz CT molecular complexity index is 381. The van der Waals surface area contributed by atoms with Gasteiger partial charge in [0.15, 0.2) is 0 Å². The molecule has 0 spiro atoms. The molecule has 112 valence electrons. The Morgan fingerprint density at radius 1 is 0.700 bits per heavy atom. The summed E-state index contributed by atoms with van der Waals surface area (Å²) in [5, 5.41) is 0. The third-order valence-corrected chi connectivity index (χ3v) is 4.84. The molecule has 3 fully saturated rings. The van der Waals surface area contributed by atoms with Crippen molar-refractivity contribution in [2.75, 3.05) is 26.2 Å². The van der Waals surface area contributed by atoms with Gasteiger partial charge in [-0.05, 0) is 38.5 Å². The average molecular weight is 282 g/mol. The summed E-state index contributed by atoms with van der Waals surface area (Å²) in [4.78, 5) is 28.1. The van der Waals surface area contributed by atoms with E-state index in [1.54, 1.807) is 0 Å².